The number of hydrogen-bond donors (Lipinski definition) is 1. The van der Waals surface area contributed by atoms with Crippen LogP contribution in [0.15, 0.2) is 241 Å². The molecule has 0 saturated carbocycles. The molecule has 0 saturated heterocycles. The molecule has 294 valence electrons. The summed E-state index contributed by atoms with van der Waals surface area (Å²) >= 11 is 1.82. The number of hydrogen-bond acceptors (Lipinski definition) is 5. The van der Waals surface area contributed by atoms with Gasteiger partial charge in [-0.25, -0.2) is 9.98 Å². The van der Waals surface area contributed by atoms with Gasteiger partial charge in [-0.2, -0.15) is 0 Å². The van der Waals surface area contributed by atoms with Crippen molar-refractivity contribution < 1.29 is 0 Å². The maximum absolute atomic E-state index is 5.30. The monoisotopic (exact) mass is 812 g/mol. The molecule has 0 amide bonds. The number of thiophene rings is 1. The van der Waals surface area contributed by atoms with Crippen LogP contribution in [-0.4, -0.2) is 11.7 Å². The number of nitrogens with zero attached hydrogens (tertiary/aromatic N) is 3. The number of amidine groups is 2. The topological polar surface area (TPSA) is 40.0 Å². The molecule has 10 aromatic rings. The number of rotatable bonds is 9. The summed E-state index contributed by atoms with van der Waals surface area (Å²) in [6.45, 7) is 0. The predicted octanol–water partition coefficient (Wildman–Crippen LogP) is 15.0. The highest BCUT2D eigenvalue weighted by Gasteiger charge is 2.24. The summed E-state index contributed by atoms with van der Waals surface area (Å²) in [7, 11) is 0. The molecular weight excluding hydrogens is 773 g/mol. The first-order chi connectivity index (χ1) is 30.7. The first-order valence-corrected chi connectivity index (χ1v) is 21.7. The van der Waals surface area contributed by atoms with E-state index in [0.29, 0.717) is 5.84 Å². The zero-order valence-corrected chi connectivity index (χ0v) is 34.6. The Kier molecular flexibility index (Phi) is 9.77. The van der Waals surface area contributed by atoms with E-state index in [1.165, 1.54) is 42.4 Å². The number of benzene rings is 9. The van der Waals surface area contributed by atoms with Crippen molar-refractivity contribution in [3.8, 4) is 33.4 Å². The van der Waals surface area contributed by atoms with E-state index in [0.717, 1.165) is 50.7 Å². The first-order valence-electron chi connectivity index (χ1n) is 20.9. The van der Waals surface area contributed by atoms with Crippen molar-refractivity contribution in [1.29, 1.82) is 0 Å². The van der Waals surface area contributed by atoms with Gasteiger partial charge in [0.25, 0.3) is 0 Å². The Morgan fingerprint density at radius 1 is 0.403 bits per heavy atom. The molecule has 0 bridgehead atoms. The number of anilines is 3. The van der Waals surface area contributed by atoms with E-state index in [-0.39, 0.29) is 6.17 Å². The van der Waals surface area contributed by atoms with E-state index in [9.17, 15) is 0 Å². The van der Waals surface area contributed by atoms with Crippen LogP contribution < -0.4 is 10.2 Å². The van der Waals surface area contributed by atoms with E-state index >= 15 is 0 Å². The third-order valence-electron chi connectivity index (χ3n) is 11.5. The maximum Gasteiger partial charge on any atom is 0.159 e. The quantitative estimate of drug-likeness (QED) is 0.158. The SMILES string of the molecule is c1ccc(-c2ccc(N(c3ccc(-c4ccccc4)cc3)c3ccc4c(c3)sc3cccc(C5=NC(c6cccc(-c7ccccc7)c6)=NC(c6ccccc6)N5)c34)cc2)cc1. The summed E-state index contributed by atoms with van der Waals surface area (Å²) in [4.78, 5) is 12.9. The Morgan fingerprint density at radius 2 is 0.903 bits per heavy atom. The van der Waals surface area contributed by atoms with Gasteiger partial charge in [-0.3, -0.25) is 0 Å². The Labute approximate surface area is 365 Å². The van der Waals surface area contributed by atoms with Gasteiger partial charge in [-0.15, -0.1) is 11.3 Å². The van der Waals surface area contributed by atoms with Crippen molar-refractivity contribution >= 4 is 60.2 Å². The lowest BCUT2D eigenvalue weighted by Gasteiger charge is -2.26. The fourth-order valence-electron chi connectivity index (χ4n) is 8.46. The van der Waals surface area contributed by atoms with E-state index in [4.69, 9.17) is 9.98 Å². The van der Waals surface area contributed by atoms with E-state index in [2.05, 4.69) is 229 Å². The van der Waals surface area contributed by atoms with Crippen LogP contribution in [0, 0.1) is 0 Å². The molecule has 1 aliphatic rings. The van der Waals surface area contributed by atoms with Crippen LogP contribution in [0.3, 0.4) is 0 Å². The van der Waals surface area contributed by atoms with Gasteiger partial charge in [0.2, 0.25) is 0 Å². The summed E-state index contributed by atoms with van der Waals surface area (Å²) in [5.41, 5.74) is 13.5. The molecule has 9 aromatic carbocycles. The van der Waals surface area contributed by atoms with Crippen LogP contribution >= 0.6 is 11.3 Å². The molecule has 0 fully saturated rings. The third kappa shape index (κ3) is 7.25. The van der Waals surface area contributed by atoms with Gasteiger partial charge < -0.3 is 10.2 Å². The second-order valence-electron chi connectivity index (χ2n) is 15.4. The van der Waals surface area contributed by atoms with Crippen LogP contribution in [0.1, 0.15) is 22.9 Å². The summed E-state index contributed by atoms with van der Waals surface area (Å²) in [6.07, 6.45) is -0.305. The molecule has 0 spiro atoms. The second-order valence-corrected chi connectivity index (χ2v) is 16.5. The number of nitrogens with one attached hydrogen (secondary N) is 1. The molecule has 0 aliphatic carbocycles. The van der Waals surface area contributed by atoms with Crippen LogP contribution in [0.25, 0.3) is 53.6 Å². The fraction of sp³-hybridized carbons (Fsp3) is 0.0175. The van der Waals surface area contributed by atoms with Crippen LogP contribution in [0.2, 0.25) is 0 Å². The van der Waals surface area contributed by atoms with Gasteiger partial charge in [0, 0.05) is 48.4 Å². The summed E-state index contributed by atoms with van der Waals surface area (Å²) in [5.74, 6) is 1.51. The van der Waals surface area contributed by atoms with Crippen LogP contribution in [0.4, 0.5) is 17.1 Å². The van der Waals surface area contributed by atoms with Crippen molar-refractivity contribution in [2.45, 2.75) is 6.17 Å². The lowest BCUT2D eigenvalue weighted by atomic mass is 10.0. The Hall–Kier alpha value is -7.86. The van der Waals surface area contributed by atoms with Crippen molar-refractivity contribution in [1.82, 2.24) is 5.32 Å². The molecule has 1 aromatic heterocycles. The largest absolute Gasteiger partial charge is 0.344 e. The lowest BCUT2D eigenvalue weighted by Crippen LogP contribution is -2.33. The summed E-state index contributed by atoms with van der Waals surface area (Å²) in [6, 6.07) is 81.8. The van der Waals surface area contributed by atoms with Gasteiger partial charge >= 0.3 is 0 Å². The van der Waals surface area contributed by atoms with E-state index in [1.807, 2.05) is 23.5 Å². The molecule has 5 heteroatoms. The minimum Gasteiger partial charge on any atom is -0.344 e. The van der Waals surface area contributed by atoms with E-state index in [1.54, 1.807) is 0 Å². The summed E-state index contributed by atoms with van der Waals surface area (Å²) < 4.78 is 2.41. The van der Waals surface area contributed by atoms with E-state index < -0.39 is 0 Å². The highest BCUT2D eigenvalue weighted by molar-refractivity contribution is 7.26. The standard InChI is InChI=1S/C57H40N4S/c1-5-15-39(16-6-1)42-27-31-47(32-28-42)61(48-33-29-43(30-34-48)40-17-7-2-8-18-40)49-35-36-50-53(38-49)62-52-26-14-25-51(54(50)52)57-59-55(44-21-11-4-12-22-44)58-56(60-57)46-24-13-23-45(37-46)41-19-9-3-10-20-41/h1-38,55H,(H,58,59,60). The minimum absolute atomic E-state index is 0.305. The molecule has 1 atom stereocenters. The van der Waals surface area contributed by atoms with Crippen molar-refractivity contribution in [3.63, 3.8) is 0 Å². The van der Waals surface area contributed by atoms with Crippen molar-refractivity contribution in [3.05, 3.63) is 247 Å². The number of fused-ring (bicyclic) bond motifs is 3. The second kappa shape index (κ2) is 16.3. The zero-order valence-electron chi connectivity index (χ0n) is 33.8. The van der Waals surface area contributed by atoms with Crippen LogP contribution in [0.5, 0.6) is 0 Å². The normalized spacial score (nSPS) is 13.6. The third-order valence-corrected chi connectivity index (χ3v) is 12.7. The minimum atomic E-state index is -0.305. The number of aliphatic imine (C=N–C) groups is 2. The molecule has 1 N–H and O–H groups in total. The molecule has 1 unspecified atom stereocenters. The Balaban J connectivity index is 1.01. The molecule has 0 radical (unpaired) electrons. The average Bonchev–Trinajstić information content (AvgIpc) is 3.74. The molecule has 62 heavy (non-hydrogen) atoms. The molecule has 4 nitrogen and oxygen atoms in total. The highest BCUT2D eigenvalue weighted by Crippen LogP contribution is 2.43. The first kappa shape index (κ1) is 37.2. The zero-order chi connectivity index (χ0) is 41.2. The molecule has 1 aliphatic heterocycles. The Bertz CT molecular complexity index is 3150. The lowest BCUT2D eigenvalue weighted by molar-refractivity contribution is 0.674. The average molecular weight is 813 g/mol. The maximum atomic E-state index is 5.30. The highest BCUT2D eigenvalue weighted by atomic mass is 32.1. The summed E-state index contributed by atoms with van der Waals surface area (Å²) in [5, 5.41) is 6.12. The molecular formula is C57H40N4S. The van der Waals surface area contributed by atoms with Gasteiger partial charge in [0.15, 0.2) is 5.84 Å². The van der Waals surface area contributed by atoms with Crippen molar-refractivity contribution in [2.24, 2.45) is 9.98 Å². The molecule has 11 rings (SSSR count). The van der Waals surface area contributed by atoms with Gasteiger partial charge in [-0.1, -0.05) is 182 Å². The van der Waals surface area contributed by atoms with Gasteiger partial charge in [0.05, 0.1) is 0 Å². The van der Waals surface area contributed by atoms with Gasteiger partial charge in [0.1, 0.15) is 12.0 Å². The van der Waals surface area contributed by atoms with Crippen LogP contribution in [-0.2, 0) is 0 Å². The Morgan fingerprint density at radius 3 is 1.52 bits per heavy atom. The fourth-order valence-corrected chi connectivity index (χ4v) is 9.62. The predicted molar refractivity (Wildman–Crippen MR) is 262 cm³/mol. The van der Waals surface area contributed by atoms with Crippen molar-refractivity contribution in [2.75, 3.05) is 4.90 Å². The smallest absolute Gasteiger partial charge is 0.159 e. The molecule has 2 heterocycles. The van der Waals surface area contributed by atoms with Gasteiger partial charge in [-0.05, 0) is 87.5 Å².